The number of allylic oxidation sites excluding steroid dienone is 2. The number of carbonyl (C=O) groups excluding carboxylic acids is 4. The van der Waals surface area contributed by atoms with Gasteiger partial charge in [-0.05, 0) is 44.4 Å². The highest BCUT2D eigenvalue weighted by molar-refractivity contribution is 5.89. The van der Waals surface area contributed by atoms with E-state index in [-0.39, 0.29) is 25.0 Å². The normalized spacial score (nSPS) is 40.2. The second-order valence-corrected chi connectivity index (χ2v) is 13.0. The lowest BCUT2D eigenvalue weighted by molar-refractivity contribution is -0.228. The number of aliphatic hydroxyl groups is 1. The molecule has 1 N–H and O–H groups in total. The summed E-state index contributed by atoms with van der Waals surface area (Å²) in [5.74, 6) is -4.89. The van der Waals surface area contributed by atoms with Crippen LogP contribution in [0.5, 0.6) is 0 Å². The standard InChI is InChI=1S/C34H42O10/c1-8-25(37)43-27-19(4)16-34(39)26(27)29(42-21(6)36)33-17-40-32(7,31(34)44-30(38)22-12-10-9-11-13-22)28(33)23(18(2)3)14-15-24(33)41-20(5)35/h9-15,19,23-24,26-29,31,39H,2,8,16-17H2,1,3-7H3/t19-,23?,24+,26+,27-,28-,29+,31-,32+,33+,34+/m0/s1. The summed E-state index contributed by atoms with van der Waals surface area (Å²) in [6.45, 7) is 13.9. The molecule has 1 aromatic carbocycles. The van der Waals surface area contributed by atoms with Gasteiger partial charge in [0.15, 0.2) is 6.10 Å². The fourth-order valence-electron chi connectivity index (χ4n) is 8.60. The lowest BCUT2D eigenvalue weighted by Crippen LogP contribution is -2.63. The summed E-state index contributed by atoms with van der Waals surface area (Å²) in [7, 11) is 0. The SMILES string of the molecule is C=C(C)C1C=C[C@@H](OC(C)=O)[C@@]23CO[C@@](C)([C@H](OC(=O)c4ccccc4)[C@@]4(O)C[C@H](C)[C@H](OC(=O)CC)[C@@H]4[C@H]2OC(C)=O)[C@H]13. The predicted octanol–water partition coefficient (Wildman–Crippen LogP) is 3.95. The van der Waals surface area contributed by atoms with Crippen molar-refractivity contribution >= 4 is 23.9 Å². The van der Waals surface area contributed by atoms with E-state index in [2.05, 4.69) is 6.58 Å². The first-order chi connectivity index (χ1) is 20.7. The van der Waals surface area contributed by atoms with Crippen LogP contribution in [0.3, 0.4) is 0 Å². The van der Waals surface area contributed by atoms with Crippen LogP contribution in [0.4, 0.5) is 0 Å². The molecule has 4 aliphatic rings. The van der Waals surface area contributed by atoms with E-state index >= 15 is 0 Å². The van der Waals surface area contributed by atoms with Gasteiger partial charge < -0.3 is 28.8 Å². The molecule has 3 fully saturated rings. The Morgan fingerprint density at radius 1 is 1.00 bits per heavy atom. The van der Waals surface area contributed by atoms with Crippen molar-refractivity contribution in [3.8, 4) is 0 Å². The first kappa shape index (κ1) is 31.9. The third kappa shape index (κ3) is 4.86. The molecule has 0 aromatic heterocycles. The highest BCUT2D eigenvalue weighted by Crippen LogP contribution is 2.68. The number of hydrogen-bond acceptors (Lipinski definition) is 10. The molecule has 0 radical (unpaired) electrons. The van der Waals surface area contributed by atoms with Crippen molar-refractivity contribution in [2.75, 3.05) is 6.61 Å². The third-order valence-corrected chi connectivity index (χ3v) is 10.1. The summed E-state index contributed by atoms with van der Waals surface area (Å²) in [6, 6.07) is 8.43. The van der Waals surface area contributed by atoms with Gasteiger partial charge in [0.1, 0.15) is 29.5 Å². The number of esters is 4. The zero-order chi connectivity index (χ0) is 32.2. The highest BCUT2D eigenvalue weighted by atomic mass is 16.6. The molecule has 0 amide bonds. The lowest BCUT2D eigenvalue weighted by atomic mass is 9.55. The Bertz CT molecular complexity index is 1370. The first-order valence-electron chi connectivity index (χ1n) is 15.2. The molecular weight excluding hydrogens is 568 g/mol. The molecule has 0 spiro atoms. The van der Waals surface area contributed by atoms with Gasteiger partial charge in [0.05, 0.1) is 23.5 Å². The second-order valence-electron chi connectivity index (χ2n) is 13.0. The summed E-state index contributed by atoms with van der Waals surface area (Å²) in [5, 5.41) is 13.0. The summed E-state index contributed by atoms with van der Waals surface area (Å²) in [4.78, 5) is 52.0. The summed E-state index contributed by atoms with van der Waals surface area (Å²) in [6.07, 6.45) is -0.567. The van der Waals surface area contributed by atoms with E-state index in [1.54, 1.807) is 50.3 Å². The Balaban J connectivity index is 1.80. The minimum Gasteiger partial charge on any atom is -0.462 e. The van der Waals surface area contributed by atoms with Gasteiger partial charge in [-0.25, -0.2) is 4.79 Å². The van der Waals surface area contributed by atoms with Crippen molar-refractivity contribution in [1.29, 1.82) is 0 Å². The van der Waals surface area contributed by atoms with Gasteiger partial charge in [0, 0.05) is 32.1 Å². The molecule has 1 aliphatic heterocycles. The molecule has 2 bridgehead atoms. The van der Waals surface area contributed by atoms with Crippen LogP contribution in [0.15, 0.2) is 54.6 Å². The van der Waals surface area contributed by atoms with Crippen LogP contribution in [0.1, 0.15) is 64.7 Å². The Labute approximate surface area is 257 Å². The molecule has 3 aliphatic carbocycles. The number of rotatable bonds is 7. The maximum atomic E-state index is 13.7. The van der Waals surface area contributed by atoms with Gasteiger partial charge in [0.2, 0.25) is 0 Å². The van der Waals surface area contributed by atoms with Gasteiger partial charge >= 0.3 is 23.9 Å². The number of ether oxygens (including phenoxy) is 5. The van der Waals surface area contributed by atoms with E-state index in [1.165, 1.54) is 13.8 Å². The van der Waals surface area contributed by atoms with Crippen molar-refractivity contribution in [3.05, 3.63) is 60.2 Å². The van der Waals surface area contributed by atoms with Crippen LogP contribution in [0.25, 0.3) is 0 Å². The summed E-state index contributed by atoms with van der Waals surface area (Å²) in [5.41, 5.74) is -3.51. The summed E-state index contributed by atoms with van der Waals surface area (Å²) < 4.78 is 31.1. The van der Waals surface area contributed by atoms with Crippen molar-refractivity contribution in [1.82, 2.24) is 0 Å². The minimum absolute atomic E-state index is 0.0506. The molecule has 2 saturated carbocycles. The van der Waals surface area contributed by atoms with Crippen LogP contribution in [0.2, 0.25) is 0 Å². The zero-order valence-electron chi connectivity index (χ0n) is 26.1. The maximum absolute atomic E-state index is 13.7. The molecule has 44 heavy (non-hydrogen) atoms. The van der Waals surface area contributed by atoms with Gasteiger partial charge in [-0.2, -0.15) is 0 Å². The van der Waals surface area contributed by atoms with Crippen molar-refractivity contribution in [3.63, 3.8) is 0 Å². The Hall–Kier alpha value is -3.50. The van der Waals surface area contributed by atoms with E-state index in [1.807, 2.05) is 19.9 Å². The molecule has 10 heteroatoms. The Morgan fingerprint density at radius 2 is 1.66 bits per heavy atom. The zero-order valence-corrected chi connectivity index (χ0v) is 26.1. The number of carbonyl (C=O) groups is 4. The van der Waals surface area contributed by atoms with Gasteiger partial charge in [-0.1, -0.05) is 50.3 Å². The fraction of sp³-hybridized carbons (Fsp3) is 0.588. The molecule has 1 unspecified atom stereocenters. The summed E-state index contributed by atoms with van der Waals surface area (Å²) >= 11 is 0. The predicted molar refractivity (Wildman–Crippen MR) is 157 cm³/mol. The molecule has 11 atom stereocenters. The monoisotopic (exact) mass is 610 g/mol. The second kappa shape index (κ2) is 11.5. The van der Waals surface area contributed by atoms with Crippen LogP contribution in [-0.2, 0) is 38.1 Å². The fourth-order valence-corrected chi connectivity index (χ4v) is 8.60. The quantitative estimate of drug-likeness (QED) is 0.275. The van der Waals surface area contributed by atoms with Crippen molar-refractivity contribution in [2.24, 2.45) is 29.1 Å². The van der Waals surface area contributed by atoms with E-state index in [9.17, 15) is 24.3 Å². The van der Waals surface area contributed by atoms with Crippen LogP contribution in [0, 0.1) is 29.1 Å². The average molecular weight is 611 g/mol. The van der Waals surface area contributed by atoms with Gasteiger partial charge in [-0.15, -0.1) is 0 Å². The maximum Gasteiger partial charge on any atom is 0.338 e. The third-order valence-electron chi connectivity index (χ3n) is 10.1. The molecule has 1 saturated heterocycles. The van der Waals surface area contributed by atoms with Gasteiger partial charge in [-0.3, -0.25) is 14.4 Å². The molecule has 5 rings (SSSR count). The first-order valence-corrected chi connectivity index (χ1v) is 15.2. The largest absolute Gasteiger partial charge is 0.462 e. The minimum atomic E-state index is -1.89. The van der Waals surface area contributed by atoms with Crippen molar-refractivity contribution < 1.29 is 48.0 Å². The Morgan fingerprint density at radius 3 is 2.25 bits per heavy atom. The van der Waals surface area contributed by atoms with E-state index < -0.39 is 88.6 Å². The topological polar surface area (TPSA) is 135 Å². The lowest BCUT2D eigenvalue weighted by Gasteiger charge is -2.51. The van der Waals surface area contributed by atoms with Gasteiger partial charge in [0.25, 0.3) is 0 Å². The molecule has 1 aromatic rings. The molecule has 238 valence electrons. The van der Waals surface area contributed by atoms with Crippen molar-refractivity contribution in [2.45, 2.75) is 90.0 Å². The van der Waals surface area contributed by atoms with Crippen LogP contribution < -0.4 is 0 Å². The number of benzene rings is 1. The smallest absolute Gasteiger partial charge is 0.338 e. The van der Waals surface area contributed by atoms with Crippen LogP contribution >= 0.6 is 0 Å². The van der Waals surface area contributed by atoms with E-state index in [0.29, 0.717) is 0 Å². The Kier molecular flexibility index (Phi) is 8.31. The molecule has 10 nitrogen and oxygen atoms in total. The number of hydrogen-bond donors (Lipinski definition) is 1. The molecule has 1 heterocycles. The molecular formula is C34H42O10. The van der Waals surface area contributed by atoms with E-state index in [4.69, 9.17) is 23.7 Å². The van der Waals surface area contributed by atoms with E-state index in [0.717, 1.165) is 5.57 Å². The number of fused-ring (bicyclic) bond motifs is 1. The highest BCUT2D eigenvalue weighted by Gasteiger charge is 2.80. The average Bonchev–Trinajstić information content (AvgIpc) is 3.40. The van der Waals surface area contributed by atoms with Crippen LogP contribution in [-0.4, -0.2) is 71.2 Å².